The molecule has 1 unspecified atom stereocenters. The Morgan fingerprint density at radius 3 is 2.31 bits per heavy atom. The van der Waals surface area contributed by atoms with Crippen molar-refractivity contribution in [1.29, 1.82) is 0 Å². The predicted molar refractivity (Wildman–Crippen MR) is 178 cm³/mol. The molecule has 1 atom stereocenters. The largest absolute Gasteiger partial charge is 0.481 e. The number of nitrogens with one attached hydrogen (secondary N) is 3. The first-order valence-corrected chi connectivity index (χ1v) is 15.9. The topological polar surface area (TPSA) is 163 Å². The summed E-state index contributed by atoms with van der Waals surface area (Å²) in [6.07, 6.45) is 6.20. The van der Waals surface area contributed by atoms with Gasteiger partial charge in [-0.15, -0.1) is 6.42 Å². The number of hydrogen-bond donors (Lipinski definition) is 4. The summed E-state index contributed by atoms with van der Waals surface area (Å²) < 4.78 is 10.5. The number of hydrogen-bond acceptors (Lipinski definition) is 7. The number of nitrogens with zero attached hydrogens (tertiary/aromatic N) is 1. The number of ether oxygens (including phenoxy) is 2. The minimum atomic E-state index is -1.08. The van der Waals surface area contributed by atoms with E-state index >= 15 is 0 Å². The van der Waals surface area contributed by atoms with Gasteiger partial charge in [-0.25, -0.2) is 0 Å². The first kappa shape index (κ1) is 37.3. The Balaban J connectivity index is 1.47. The quantitative estimate of drug-likeness (QED) is 0.124. The molecule has 12 heteroatoms. The van der Waals surface area contributed by atoms with Crippen molar-refractivity contribution in [2.24, 2.45) is 0 Å². The number of unbranched alkanes of at least 4 members (excludes halogenated alkanes) is 1. The van der Waals surface area contributed by atoms with Crippen molar-refractivity contribution in [2.45, 2.75) is 57.5 Å². The summed E-state index contributed by atoms with van der Waals surface area (Å²) in [4.78, 5) is 63.8. The zero-order valence-corrected chi connectivity index (χ0v) is 26.9. The first-order valence-electron chi connectivity index (χ1n) is 15.9. The maximum absolute atomic E-state index is 13.4. The van der Waals surface area contributed by atoms with Crippen LogP contribution in [-0.4, -0.2) is 80.3 Å². The lowest BCUT2D eigenvalue weighted by molar-refractivity contribution is -0.137. The van der Waals surface area contributed by atoms with Crippen LogP contribution >= 0.6 is 0 Å². The first-order chi connectivity index (χ1) is 23.3. The van der Waals surface area contributed by atoms with Gasteiger partial charge in [0, 0.05) is 49.9 Å². The highest BCUT2D eigenvalue weighted by molar-refractivity contribution is 5.95. The molecule has 0 fully saturated rings. The van der Waals surface area contributed by atoms with Gasteiger partial charge in [-0.3, -0.25) is 24.0 Å². The number of rotatable bonds is 20. The van der Waals surface area contributed by atoms with E-state index in [2.05, 4.69) is 33.7 Å². The van der Waals surface area contributed by atoms with Crippen LogP contribution in [0.15, 0.2) is 48.5 Å². The molecule has 2 aromatic rings. The summed E-state index contributed by atoms with van der Waals surface area (Å²) in [5, 5.41) is 16.7. The van der Waals surface area contributed by atoms with Gasteiger partial charge < -0.3 is 35.4 Å². The second-order valence-electron chi connectivity index (χ2n) is 10.9. The van der Waals surface area contributed by atoms with Gasteiger partial charge in [0.05, 0.1) is 32.1 Å². The zero-order chi connectivity index (χ0) is 34.6. The molecule has 254 valence electrons. The van der Waals surface area contributed by atoms with Gasteiger partial charge >= 0.3 is 5.97 Å². The Morgan fingerprint density at radius 2 is 1.52 bits per heavy atom. The lowest BCUT2D eigenvalue weighted by atomic mass is 10.0. The van der Waals surface area contributed by atoms with E-state index in [0.29, 0.717) is 26.0 Å². The maximum Gasteiger partial charge on any atom is 0.303 e. The van der Waals surface area contributed by atoms with Crippen LogP contribution in [0.4, 0.5) is 5.69 Å². The van der Waals surface area contributed by atoms with Crippen molar-refractivity contribution in [3.05, 3.63) is 65.2 Å². The number of fused-ring (bicyclic) bond motifs is 2. The van der Waals surface area contributed by atoms with Crippen LogP contribution in [0.25, 0.3) is 0 Å². The second kappa shape index (κ2) is 20.9. The van der Waals surface area contributed by atoms with Crippen molar-refractivity contribution in [3.8, 4) is 24.2 Å². The molecule has 0 bridgehead atoms. The van der Waals surface area contributed by atoms with Crippen LogP contribution in [0, 0.1) is 24.2 Å². The number of benzene rings is 2. The van der Waals surface area contributed by atoms with Crippen LogP contribution in [0.5, 0.6) is 0 Å². The van der Waals surface area contributed by atoms with E-state index in [0.717, 1.165) is 22.4 Å². The van der Waals surface area contributed by atoms with Gasteiger partial charge in [-0.05, 0) is 43.0 Å². The van der Waals surface area contributed by atoms with Crippen molar-refractivity contribution < 1.29 is 38.6 Å². The number of amides is 4. The number of anilines is 1. The van der Waals surface area contributed by atoms with Crippen LogP contribution in [0.1, 0.15) is 61.6 Å². The minimum absolute atomic E-state index is 0.0761. The third kappa shape index (κ3) is 13.3. The Kier molecular flexibility index (Phi) is 16.2. The fourth-order valence-corrected chi connectivity index (χ4v) is 4.81. The van der Waals surface area contributed by atoms with Gasteiger partial charge in [0.1, 0.15) is 12.6 Å². The lowest BCUT2D eigenvalue weighted by Crippen LogP contribution is -2.53. The SMILES string of the molecule is C#CCOCCOCCNC(=O)C(CNC(=O)CCCCC(=O)N1Cc2ccccc2C#Cc2ccccc21)NC(=O)CCCC(=O)O. The Labute approximate surface area is 280 Å². The van der Waals surface area contributed by atoms with Gasteiger partial charge in [-0.1, -0.05) is 48.1 Å². The number of carbonyl (C=O) groups is 5. The summed E-state index contributed by atoms with van der Waals surface area (Å²) in [5.74, 6) is 6.25. The molecule has 3 rings (SSSR count). The van der Waals surface area contributed by atoms with Crippen LogP contribution in [-0.2, 0) is 40.0 Å². The highest BCUT2D eigenvalue weighted by Gasteiger charge is 2.23. The number of carbonyl (C=O) groups excluding carboxylic acids is 4. The van der Waals surface area contributed by atoms with E-state index in [1.165, 1.54) is 0 Å². The second-order valence-corrected chi connectivity index (χ2v) is 10.9. The third-order valence-corrected chi connectivity index (χ3v) is 7.27. The fraction of sp³-hybridized carbons (Fsp3) is 0.417. The molecule has 1 aliphatic rings. The molecule has 0 spiro atoms. The number of carboxylic acids is 1. The fourth-order valence-electron chi connectivity index (χ4n) is 4.81. The van der Waals surface area contributed by atoms with Gasteiger partial charge in [0.25, 0.3) is 0 Å². The molecule has 4 N–H and O–H groups in total. The van der Waals surface area contributed by atoms with Crippen LogP contribution in [0.3, 0.4) is 0 Å². The number of carboxylic acid groups (broad SMARTS) is 1. The van der Waals surface area contributed by atoms with E-state index in [1.54, 1.807) is 4.90 Å². The van der Waals surface area contributed by atoms with Crippen LogP contribution in [0.2, 0.25) is 0 Å². The van der Waals surface area contributed by atoms with E-state index in [4.69, 9.17) is 21.0 Å². The van der Waals surface area contributed by atoms with Gasteiger partial charge in [0.2, 0.25) is 23.6 Å². The number of aliphatic carboxylic acids is 1. The molecule has 1 aliphatic heterocycles. The summed E-state index contributed by atoms with van der Waals surface area (Å²) in [6, 6.07) is 14.2. The van der Waals surface area contributed by atoms with Crippen molar-refractivity contribution in [2.75, 3.05) is 44.4 Å². The smallest absolute Gasteiger partial charge is 0.303 e. The Bertz CT molecular complexity index is 1520. The standard InChI is InChI=1S/C36H42N4O8/c1-2-21-47-23-24-48-22-20-37-36(46)30(39-33(42)15-9-17-35(44)45)25-38-32(41)14-7-8-16-34(43)40-26-29-12-4-3-10-27(29)18-19-28-11-5-6-13-31(28)40/h1,3-6,10-13,30H,7-9,14-17,20-26H2,(H,37,46)(H,38,41)(H,39,42)(H,44,45). The maximum atomic E-state index is 13.4. The highest BCUT2D eigenvalue weighted by Crippen LogP contribution is 2.26. The summed E-state index contributed by atoms with van der Waals surface area (Å²) >= 11 is 0. The average Bonchev–Trinajstić information content (AvgIpc) is 3.06. The molecule has 12 nitrogen and oxygen atoms in total. The number of terminal acetylenes is 1. The molecule has 0 aliphatic carbocycles. The summed E-state index contributed by atoms with van der Waals surface area (Å²) in [7, 11) is 0. The van der Waals surface area contributed by atoms with Gasteiger partial charge in [-0.2, -0.15) is 0 Å². The average molecular weight is 659 g/mol. The predicted octanol–water partition coefficient (Wildman–Crippen LogP) is 2.13. The lowest BCUT2D eigenvalue weighted by Gasteiger charge is -2.26. The Morgan fingerprint density at radius 1 is 0.833 bits per heavy atom. The van der Waals surface area contributed by atoms with E-state index < -0.39 is 23.8 Å². The summed E-state index contributed by atoms with van der Waals surface area (Å²) in [6.45, 7) is 1.34. The molecule has 0 radical (unpaired) electrons. The zero-order valence-electron chi connectivity index (χ0n) is 26.9. The number of para-hydroxylation sites is 1. The van der Waals surface area contributed by atoms with Crippen molar-refractivity contribution in [3.63, 3.8) is 0 Å². The molecule has 2 aromatic carbocycles. The minimum Gasteiger partial charge on any atom is -0.481 e. The molecule has 0 saturated heterocycles. The van der Waals surface area contributed by atoms with E-state index in [9.17, 15) is 24.0 Å². The Hall–Kier alpha value is -5.17. The molecule has 1 heterocycles. The van der Waals surface area contributed by atoms with Crippen molar-refractivity contribution in [1.82, 2.24) is 16.0 Å². The molecule has 48 heavy (non-hydrogen) atoms. The monoisotopic (exact) mass is 658 g/mol. The van der Waals surface area contributed by atoms with Crippen molar-refractivity contribution >= 4 is 35.3 Å². The van der Waals surface area contributed by atoms with E-state index in [1.807, 2.05) is 48.5 Å². The normalized spacial score (nSPS) is 12.0. The molecule has 0 saturated carbocycles. The highest BCUT2D eigenvalue weighted by atomic mass is 16.5. The van der Waals surface area contributed by atoms with E-state index in [-0.39, 0.29) is 76.8 Å². The molecular formula is C36H42N4O8. The third-order valence-electron chi connectivity index (χ3n) is 7.27. The molecular weight excluding hydrogens is 616 g/mol. The van der Waals surface area contributed by atoms with Crippen LogP contribution < -0.4 is 20.9 Å². The van der Waals surface area contributed by atoms with Gasteiger partial charge in [0.15, 0.2) is 0 Å². The molecule has 0 aromatic heterocycles. The summed E-state index contributed by atoms with van der Waals surface area (Å²) in [5.41, 5.74) is 3.35. The molecule has 4 amide bonds.